The molecule has 0 aliphatic heterocycles. The molecule has 1 unspecified atom stereocenters. The zero-order valence-corrected chi connectivity index (χ0v) is 7.68. The Morgan fingerprint density at radius 1 is 1.27 bits per heavy atom. The van der Waals surface area contributed by atoms with E-state index in [2.05, 4.69) is 20.3 Å². The molecule has 1 aromatic heterocycles. The van der Waals surface area contributed by atoms with Gasteiger partial charge in [-0.1, -0.05) is 26.9 Å². The van der Waals surface area contributed by atoms with Gasteiger partial charge in [0.1, 0.15) is 0 Å². The van der Waals surface area contributed by atoms with Crippen LogP contribution in [-0.4, -0.2) is 4.98 Å². The number of H-pyrrole nitrogens is 1. The fourth-order valence-corrected chi connectivity index (χ4v) is 1.63. The summed E-state index contributed by atoms with van der Waals surface area (Å²) >= 11 is 5.80. The first-order valence-electron chi connectivity index (χ1n) is 3.29. The number of benzene rings is 1. The van der Waals surface area contributed by atoms with Crippen LogP contribution in [0.25, 0.3) is 10.9 Å². The second-order valence-corrected chi connectivity index (χ2v) is 3.51. The van der Waals surface area contributed by atoms with Gasteiger partial charge in [-0.15, -0.1) is 0 Å². The Morgan fingerprint density at radius 3 is 2.91 bits per heavy atom. The molecule has 1 heterocycles. The second-order valence-electron chi connectivity index (χ2n) is 2.46. The van der Waals surface area contributed by atoms with Crippen LogP contribution in [0.2, 0.25) is 5.02 Å². The van der Waals surface area contributed by atoms with Crippen LogP contribution >= 0.6 is 20.8 Å². The molecule has 2 aromatic rings. The fraction of sp³-hybridized carbons (Fsp3) is 0. The molecule has 11 heavy (non-hydrogen) atoms. The van der Waals surface area contributed by atoms with E-state index in [0.717, 1.165) is 16.0 Å². The lowest BCUT2D eigenvalue weighted by molar-refractivity contribution is 1.55. The third-order valence-electron chi connectivity index (χ3n) is 1.61. The SMILES string of the molecule is Pc1cc2ccc(Cl)cc2[nH]1. The van der Waals surface area contributed by atoms with E-state index in [-0.39, 0.29) is 0 Å². The zero-order chi connectivity index (χ0) is 7.84. The first kappa shape index (κ1) is 7.15. The van der Waals surface area contributed by atoms with Crippen molar-refractivity contribution in [3.63, 3.8) is 0 Å². The normalized spacial score (nSPS) is 10.7. The van der Waals surface area contributed by atoms with E-state index >= 15 is 0 Å². The Morgan fingerprint density at radius 2 is 2.09 bits per heavy atom. The van der Waals surface area contributed by atoms with Gasteiger partial charge < -0.3 is 4.98 Å². The molecular formula is C8H7ClNP. The summed E-state index contributed by atoms with van der Waals surface area (Å²) in [6.07, 6.45) is 0. The first-order chi connectivity index (χ1) is 5.25. The van der Waals surface area contributed by atoms with E-state index in [9.17, 15) is 0 Å². The van der Waals surface area contributed by atoms with Crippen LogP contribution in [0.3, 0.4) is 0 Å². The van der Waals surface area contributed by atoms with Gasteiger partial charge in [0, 0.05) is 21.4 Å². The fourth-order valence-electron chi connectivity index (χ4n) is 1.12. The molecule has 0 saturated carbocycles. The molecule has 3 heteroatoms. The molecule has 0 fully saturated rings. The Balaban J connectivity index is 2.82. The van der Waals surface area contributed by atoms with Crippen molar-refractivity contribution in [1.82, 2.24) is 4.98 Å². The maximum Gasteiger partial charge on any atom is 0.0473 e. The third kappa shape index (κ3) is 1.26. The van der Waals surface area contributed by atoms with Crippen LogP contribution in [0, 0.1) is 0 Å². The Bertz CT molecular complexity index is 394. The standard InChI is InChI=1S/C8H7ClNP/c9-6-2-1-5-3-8(11)10-7(5)4-6/h1-4,10H,11H2. The van der Waals surface area contributed by atoms with Gasteiger partial charge in [0.15, 0.2) is 0 Å². The molecule has 1 atom stereocenters. The molecule has 0 bridgehead atoms. The minimum atomic E-state index is 0.768. The van der Waals surface area contributed by atoms with Crippen molar-refractivity contribution < 1.29 is 0 Å². The summed E-state index contributed by atoms with van der Waals surface area (Å²) in [5.41, 5.74) is 2.17. The average molecular weight is 184 g/mol. The summed E-state index contributed by atoms with van der Waals surface area (Å²) in [7, 11) is 2.62. The summed E-state index contributed by atoms with van der Waals surface area (Å²) in [5, 5.41) is 1.96. The first-order valence-corrected chi connectivity index (χ1v) is 4.25. The molecule has 56 valence electrons. The molecule has 0 amide bonds. The highest BCUT2D eigenvalue weighted by molar-refractivity contribution is 7.27. The lowest BCUT2D eigenvalue weighted by Crippen LogP contribution is -1.84. The predicted molar refractivity (Wildman–Crippen MR) is 52.7 cm³/mol. The molecule has 0 spiro atoms. The van der Waals surface area contributed by atoms with Crippen molar-refractivity contribution in [2.24, 2.45) is 0 Å². The number of aromatic amines is 1. The molecule has 2 rings (SSSR count). The smallest absolute Gasteiger partial charge is 0.0473 e. The van der Waals surface area contributed by atoms with E-state index in [4.69, 9.17) is 11.6 Å². The molecule has 0 radical (unpaired) electrons. The maximum absolute atomic E-state index is 5.80. The van der Waals surface area contributed by atoms with Crippen LogP contribution in [0.15, 0.2) is 24.3 Å². The number of nitrogens with one attached hydrogen (secondary N) is 1. The van der Waals surface area contributed by atoms with Crippen molar-refractivity contribution in [1.29, 1.82) is 0 Å². The van der Waals surface area contributed by atoms with Crippen molar-refractivity contribution in [2.75, 3.05) is 0 Å². The van der Waals surface area contributed by atoms with E-state index in [1.165, 1.54) is 5.39 Å². The van der Waals surface area contributed by atoms with E-state index in [1.54, 1.807) is 0 Å². The van der Waals surface area contributed by atoms with Gasteiger partial charge in [-0.3, -0.25) is 0 Å². The molecule has 0 aliphatic rings. The van der Waals surface area contributed by atoms with E-state index < -0.39 is 0 Å². The number of fused-ring (bicyclic) bond motifs is 1. The van der Waals surface area contributed by atoms with Crippen LogP contribution in [-0.2, 0) is 0 Å². The van der Waals surface area contributed by atoms with Gasteiger partial charge in [0.2, 0.25) is 0 Å². The van der Waals surface area contributed by atoms with Gasteiger partial charge >= 0.3 is 0 Å². The van der Waals surface area contributed by atoms with Gasteiger partial charge in [0.05, 0.1) is 0 Å². The number of aromatic nitrogens is 1. The van der Waals surface area contributed by atoms with E-state index in [1.807, 2.05) is 18.2 Å². The summed E-state index contributed by atoms with van der Waals surface area (Å²) < 4.78 is 0. The van der Waals surface area contributed by atoms with Gasteiger partial charge in [-0.05, 0) is 18.2 Å². The third-order valence-corrected chi connectivity index (χ3v) is 2.15. The Kier molecular flexibility index (Phi) is 1.63. The maximum atomic E-state index is 5.80. The molecule has 1 N–H and O–H groups in total. The minimum absolute atomic E-state index is 0.768. The molecule has 1 aromatic carbocycles. The van der Waals surface area contributed by atoms with Crippen LogP contribution < -0.4 is 5.44 Å². The Labute approximate surface area is 72.0 Å². The highest BCUT2D eigenvalue weighted by Crippen LogP contribution is 2.17. The van der Waals surface area contributed by atoms with Crippen molar-refractivity contribution in [2.45, 2.75) is 0 Å². The minimum Gasteiger partial charge on any atom is -0.355 e. The monoisotopic (exact) mass is 183 g/mol. The van der Waals surface area contributed by atoms with Crippen molar-refractivity contribution in [3.8, 4) is 0 Å². The summed E-state index contributed by atoms with van der Waals surface area (Å²) in [6.45, 7) is 0. The number of hydrogen-bond donors (Lipinski definition) is 1. The summed E-state index contributed by atoms with van der Waals surface area (Å²) in [4.78, 5) is 3.18. The van der Waals surface area contributed by atoms with Crippen molar-refractivity contribution >= 4 is 37.2 Å². The largest absolute Gasteiger partial charge is 0.355 e. The molecule has 0 saturated heterocycles. The number of hydrogen-bond acceptors (Lipinski definition) is 0. The lowest BCUT2D eigenvalue weighted by atomic mass is 10.2. The highest BCUT2D eigenvalue weighted by Gasteiger charge is 1.96. The lowest BCUT2D eigenvalue weighted by Gasteiger charge is -1.88. The topological polar surface area (TPSA) is 15.8 Å². The van der Waals surface area contributed by atoms with Gasteiger partial charge in [0.25, 0.3) is 0 Å². The zero-order valence-electron chi connectivity index (χ0n) is 5.76. The van der Waals surface area contributed by atoms with E-state index in [0.29, 0.717) is 0 Å². The quantitative estimate of drug-likeness (QED) is 0.604. The second kappa shape index (κ2) is 2.51. The van der Waals surface area contributed by atoms with Gasteiger partial charge in [-0.2, -0.15) is 0 Å². The predicted octanol–water partition coefficient (Wildman–Crippen LogP) is 2.32. The van der Waals surface area contributed by atoms with Crippen LogP contribution in [0.4, 0.5) is 0 Å². The van der Waals surface area contributed by atoms with Crippen molar-refractivity contribution in [3.05, 3.63) is 29.3 Å². The average Bonchev–Trinajstić information content (AvgIpc) is 2.27. The Hall–Kier alpha value is -0.520. The number of halogens is 1. The number of rotatable bonds is 0. The van der Waals surface area contributed by atoms with Gasteiger partial charge in [-0.25, -0.2) is 0 Å². The van der Waals surface area contributed by atoms with Crippen LogP contribution in [0.5, 0.6) is 0 Å². The van der Waals surface area contributed by atoms with Crippen LogP contribution in [0.1, 0.15) is 0 Å². The summed E-state index contributed by atoms with van der Waals surface area (Å²) in [5.74, 6) is 0. The highest BCUT2D eigenvalue weighted by atomic mass is 35.5. The molecular weight excluding hydrogens is 177 g/mol. The summed E-state index contributed by atoms with van der Waals surface area (Å²) in [6, 6.07) is 7.88. The molecule has 0 aliphatic carbocycles. The molecule has 1 nitrogen and oxygen atoms in total.